The molecule has 3 aromatic rings. The van der Waals surface area contributed by atoms with Crippen molar-refractivity contribution in [1.29, 1.82) is 0 Å². The van der Waals surface area contributed by atoms with Crippen LogP contribution in [0.2, 0.25) is 0 Å². The fourth-order valence-electron chi connectivity index (χ4n) is 2.58. The first kappa shape index (κ1) is 14.8. The van der Waals surface area contributed by atoms with E-state index >= 15 is 0 Å². The van der Waals surface area contributed by atoms with Crippen LogP contribution in [0.4, 0.5) is 0 Å². The van der Waals surface area contributed by atoms with Crippen molar-refractivity contribution in [3.8, 4) is 11.3 Å². The van der Waals surface area contributed by atoms with Crippen molar-refractivity contribution in [3.63, 3.8) is 0 Å². The van der Waals surface area contributed by atoms with Gasteiger partial charge < -0.3 is 0 Å². The lowest BCUT2D eigenvalue weighted by Gasteiger charge is -2.13. The Hall–Kier alpha value is -2.16. The van der Waals surface area contributed by atoms with Crippen LogP contribution in [0.3, 0.4) is 0 Å². The second-order valence-corrected chi connectivity index (χ2v) is 6.88. The van der Waals surface area contributed by atoms with Crippen molar-refractivity contribution in [1.82, 2.24) is 14.6 Å². The van der Waals surface area contributed by atoms with Gasteiger partial charge in [-0.15, -0.1) is 0 Å². The van der Waals surface area contributed by atoms with Crippen LogP contribution in [-0.2, 0) is 11.8 Å². The number of benzene rings is 1. The Bertz CT molecular complexity index is 805. The fourth-order valence-corrected chi connectivity index (χ4v) is 2.58. The molecule has 3 heteroatoms. The van der Waals surface area contributed by atoms with Crippen LogP contribution in [0.5, 0.6) is 0 Å². The van der Waals surface area contributed by atoms with Crippen LogP contribution in [0.15, 0.2) is 36.4 Å². The zero-order chi connectivity index (χ0) is 15.9. The Labute approximate surface area is 132 Å². The molecule has 0 saturated heterocycles. The highest BCUT2D eigenvalue weighted by atomic mass is 15.3. The molecule has 2 heterocycles. The number of hydrogen-bond acceptors (Lipinski definition) is 2. The van der Waals surface area contributed by atoms with E-state index < -0.39 is 0 Å². The molecule has 114 valence electrons. The fraction of sp³-hybridized carbons (Fsp3) is 0.368. The summed E-state index contributed by atoms with van der Waals surface area (Å²) >= 11 is 0. The first-order chi connectivity index (χ1) is 10.4. The van der Waals surface area contributed by atoms with Gasteiger partial charge in [0.05, 0.1) is 11.4 Å². The van der Waals surface area contributed by atoms with E-state index in [-0.39, 0.29) is 5.41 Å². The van der Waals surface area contributed by atoms with Gasteiger partial charge in [0.2, 0.25) is 0 Å². The first-order valence-electron chi connectivity index (χ1n) is 7.85. The van der Waals surface area contributed by atoms with Gasteiger partial charge in [-0.25, -0.2) is 9.50 Å². The molecule has 0 aliphatic heterocycles. The molecular weight excluding hydrogens is 270 g/mol. The largest absolute Gasteiger partial charge is 0.234 e. The average Bonchev–Trinajstić information content (AvgIpc) is 2.90. The molecule has 0 N–H and O–H groups in total. The molecule has 0 spiro atoms. The van der Waals surface area contributed by atoms with E-state index in [2.05, 4.69) is 69.1 Å². The van der Waals surface area contributed by atoms with Gasteiger partial charge in [-0.1, -0.05) is 52.0 Å². The summed E-state index contributed by atoms with van der Waals surface area (Å²) in [5, 5.41) is 4.80. The highest BCUT2D eigenvalue weighted by Gasteiger charge is 2.19. The Morgan fingerprint density at radius 2 is 1.73 bits per heavy atom. The van der Waals surface area contributed by atoms with Gasteiger partial charge in [0.15, 0.2) is 5.65 Å². The Balaban J connectivity index is 2.21. The van der Waals surface area contributed by atoms with Gasteiger partial charge in [0.25, 0.3) is 0 Å². The minimum Gasteiger partial charge on any atom is -0.234 e. The molecule has 1 aromatic carbocycles. The third-order valence-corrected chi connectivity index (χ3v) is 3.98. The maximum Gasteiger partial charge on any atom is 0.156 e. The topological polar surface area (TPSA) is 30.2 Å². The average molecular weight is 293 g/mol. The van der Waals surface area contributed by atoms with E-state index in [1.807, 2.05) is 11.4 Å². The smallest absolute Gasteiger partial charge is 0.156 e. The van der Waals surface area contributed by atoms with E-state index in [1.165, 1.54) is 11.1 Å². The summed E-state index contributed by atoms with van der Waals surface area (Å²) in [6, 6.07) is 12.9. The zero-order valence-corrected chi connectivity index (χ0v) is 14.0. The number of nitrogens with zero attached hydrogens (tertiary/aromatic N) is 3. The summed E-state index contributed by atoms with van der Waals surface area (Å²) in [6.07, 6.45) is 1.06. The summed E-state index contributed by atoms with van der Waals surface area (Å²) in [6.45, 7) is 10.7. The van der Waals surface area contributed by atoms with Crippen molar-refractivity contribution in [2.75, 3.05) is 0 Å². The maximum absolute atomic E-state index is 4.80. The van der Waals surface area contributed by atoms with E-state index in [0.29, 0.717) is 0 Å². The van der Waals surface area contributed by atoms with Crippen molar-refractivity contribution < 1.29 is 0 Å². The molecule has 0 aliphatic carbocycles. The van der Waals surface area contributed by atoms with Crippen molar-refractivity contribution >= 4 is 5.65 Å². The van der Waals surface area contributed by atoms with Crippen LogP contribution in [0.1, 0.15) is 44.6 Å². The molecule has 0 saturated carbocycles. The molecule has 0 amide bonds. The molecule has 0 aliphatic rings. The predicted octanol–water partition coefficient (Wildman–Crippen LogP) is 4.56. The summed E-state index contributed by atoms with van der Waals surface area (Å²) in [7, 11) is 0. The molecular formula is C19H23N3. The van der Waals surface area contributed by atoms with Crippen LogP contribution in [0.25, 0.3) is 16.9 Å². The first-order valence-corrected chi connectivity index (χ1v) is 7.85. The monoisotopic (exact) mass is 293 g/mol. The number of hydrogen-bond donors (Lipinski definition) is 0. The second-order valence-electron chi connectivity index (χ2n) is 6.88. The number of aromatic nitrogens is 3. The normalized spacial score (nSPS) is 12.0. The molecule has 22 heavy (non-hydrogen) atoms. The second kappa shape index (κ2) is 5.24. The number of fused-ring (bicyclic) bond motifs is 1. The molecule has 2 aromatic heterocycles. The van der Waals surface area contributed by atoms with Crippen LogP contribution < -0.4 is 0 Å². The van der Waals surface area contributed by atoms with Crippen LogP contribution >= 0.6 is 0 Å². The van der Waals surface area contributed by atoms with Crippen LogP contribution in [-0.4, -0.2) is 14.6 Å². The minimum absolute atomic E-state index is 0.0188. The van der Waals surface area contributed by atoms with Crippen molar-refractivity contribution in [2.24, 2.45) is 0 Å². The molecule has 0 atom stereocenters. The summed E-state index contributed by atoms with van der Waals surface area (Å²) in [5.41, 5.74) is 6.64. The minimum atomic E-state index is 0.0188. The highest BCUT2D eigenvalue weighted by molar-refractivity contribution is 5.64. The standard InChI is InChI=1S/C19H23N3/c1-6-14-7-9-15(10-8-14)16-11-13(2)20-18-12-17(19(3,4)5)21-22(16)18/h7-12H,6H2,1-5H3. The van der Waals surface area contributed by atoms with Gasteiger partial charge >= 0.3 is 0 Å². The lowest BCUT2D eigenvalue weighted by Crippen LogP contribution is -2.12. The molecule has 0 radical (unpaired) electrons. The predicted molar refractivity (Wildman–Crippen MR) is 91.2 cm³/mol. The lowest BCUT2D eigenvalue weighted by atomic mass is 9.93. The van der Waals surface area contributed by atoms with Crippen molar-refractivity contribution in [3.05, 3.63) is 53.3 Å². The third-order valence-electron chi connectivity index (χ3n) is 3.98. The SMILES string of the molecule is CCc1ccc(-c2cc(C)nc3cc(C(C)(C)C)nn23)cc1. The summed E-state index contributed by atoms with van der Waals surface area (Å²) < 4.78 is 1.97. The van der Waals surface area contributed by atoms with Gasteiger partial charge in [0.1, 0.15) is 0 Å². The molecule has 0 unspecified atom stereocenters. The highest BCUT2D eigenvalue weighted by Crippen LogP contribution is 2.26. The lowest BCUT2D eigenvalue weighted by molar-refractivity contribution is 0.563. The Morgan fingerprint density at radius 1 is 1.05 bits per heavy atom. The molecule has 0 bridgehead atoms. The molecule has 3 rings (SSSR count). The van der Waals surface area contributed by atoms with E-state index in [4.69, 9.17) is 5.10 Å². The summed E-state index contributed by atoms with van der Waals surface area (Å²) in [4.78, 5) is 4.63. The zero-order valence-electron chi connectivity index (χ0n) is 14.0. The van der Waals surface area contributed by atoms with Gasteiger partial charge in [-0.2, -0.15) is 5.10 Å². The van der Waals surface area contributed by atoms with Gasteiger partial charge in [-0.05, 0) is 25.0 Å². The molecule has 3 nitrogen and oxygen atoms in total. The Morgan fingerprint density at radius 3 is 2.32 bits per heavy atom. The number of aryl methyl sites for hydroxylation is 2. The quantitative estimate of drug-likeness (QED) is 0.693. The van der Waals surface area contributed by atoms with Gasteiger partial charge in [0, 0.05) is 22.7 Å². The maximum atomic E-state index is 4.80. The third kappa shape index (κ3) is 2.63. The van der Waals surface area contributed by atoms with E-state index in [9.17, 15) is 0 Å². The van der Waals surface area contributed by atoms with Crippen molar-refractivity contribution in [2.45, 2.75) is 46.5 Å². The molecule has 0 fully saturated rings. The number of rotatable bonds is 2. The van der Waals surface area contributed by atoms with Crippen LogP contribution in [0, 0.1) is 6.92 Å². The van der Waals surface area contributed by atoms with Gasteiger partial charge in [-0.3, -0.25) is 0 Å². The van der Waals surface area contributed by atoms with E-state index in [0.717, 1.165) is 29.1 Å². The Kier molecular flexibility index (Phi) is 3.51. The van der Waals surface area contributed by atoms with E-state index in [1.54, 1.807) is 0 Å². The summed E-state index contributed by atoms with van der Waals surface area (Å²) in [5.74, 6) is 0.